The number of hydrogen-bond donors (Lipinski definition) is 0. The van der Waals surface area contributed by atoms with Gasteiger partial charge < -0.3 is 4.74 Å². The van der Waals surface area contributed by atoms with Crippen LogP contribution in [0.25, 0.3) is 5.69 Å². The summed E-state index contributed by atoms with van der Waals surface area (Å²) in [6.07, 6.45) is 1.75. The molecule has 122 valence electrons. The number of carbonyl (C=O) groups excluding carboxylic acids is 1. The molecule has 0 unspecified atom stereocenters. The van der Waals surface area contributed by atoms with Crippen molar-refractivity contribution in [2.24, 2.45) is 0 Å². The van der Waals surface area contributed by atoms with Crippen LogP contribution in [-0.4, -0.2) is 22.2 Å². The van der Waals surface area contributed by atoms with E-state index in [1.54, 1.807) is 31.5 Å². The second-order valence-corrected chi connectivity index (χ2v) is 6.52. The number of benzene rings is 2. The maximum atomic E-state index is 12.9. The molecule has 0 fully saturated rings. The van der Waals surface area contributed by atoms with Gasteiger partial charge in [0.25, 0.3) is 5.91 Å². The maximum absolute atomic E-state index is 12.9. The summed E-state index contributed by atoms with van der Waals surface area (Å²) in [6, 6.07) is 14.9. The van der Waals surface area contributed by atoms with Gasteiger partial charge in [-0.1, -0.05) is 28.1 Å². The summed E-state index contributed by atoms with van der Waals surface area (Å²) in [5.74, 6) is 0.315. The maximum Gasteiger partial charge on any atom is 0.267 e. The van der Waals surface area contributed by atoms with Crippen LogP contribution in [0, 0.1) is 11.7 Å². The highest BCUT2D eigenvalue weighted by Gasteiger charge is 2.17. The van der Waals surface area contributed by atoms with Gasteiger partial charge in [0.15, 0.2) is 4.77 Å². The third-order valence-electron chi connectivity index (χ3n) is 3.71. The lowest BCUT2D eigenvalue weighted by molar-refractivity contribution is 0.0955. The second-order valence-electron chi connectivity index (χ2n) is 5.24. The van der Waals surface area contributed by atoms with E-state index in [1.807, 2.05) is 41.8 Å². The lowest BCUT2D eigenvalue weighted by Gasteiger charge is -2.08. The molecule has 0 aliphatic rings. The molecule has 0 radical (unpaired) electrons. The van der Waals surface area contributed by atoms with Crippen molar-refractivity contribution in [1.82, 2.24) is 9.13 Å². The molecule has 6 heteroatoms. The molecular weight excluding hydrogens is 388 g/mol. The number of methoxy groups -OCH3 is 1. The van der Waals surface area contributed by atoms with Gasteiger partial charge in [-0.15, -0.1) is 0 Å². The molecule has 4 nitrogen and oxygen atoms in total. The average Bonchev–Trinajstić information content (AvgIpc) is 2.89. The Balaban J connectivity index is 2.11. The zero-order valence-corrected chi connectivity index (χ0v) is 15.6. The van der Waals surface area contributed by atoms with Gasteiger partial charge in [0.05, 0.1) is 12.7 Å². The fourth-order valence-electron chi connectivity index (χ4n) is 2.56. The van der Waals surface area contributed by atoms with Gasteiger partial charge in [-0.2, -0.15) is 0 Å². The fourth-order valence-corrected chi connectivity index (χ4v) is 3.21. The summed E-state index contributed by atoms with van der Waals surface area (Å²) in [5, 5.41) is 0. The summed E-state index contributed by atoms with van der Waals surface area (Å²) in [4.78, 5) is 12.9. The Bertz CT molecular complexity index is 958. The van der Waals surface area contributed by atoms with Crippen LogP contribution in [0.5, 0.6) is 5.75 Å². The van der Waals surface area contributed by atoms with E-state index in [0.29, 0.717) is 16.1 Å². The molecule has 0 atom stereocenters. The van der Waals surface area contributed by atoms with Crippen molar-refractivity contribution in [3.8, 4) is 11.4 Å². The first-order valence-corrected chi connectivity index (χ1v) is 8.47. The van der Waals surface area contributed by atoms with Crippen molar-refractivity contribution < 1.29 is 9.53 Å². The van der Waals surface area contributed by atoms with Crippen LogP contribution in [0.4, 0.5) is 0 Å². The molecule has 0 aliphatic heterocycles. The molecule has 0 bridgehead atoms. The van der Waals surface area contributed by atoms with Crippen molar-refractivity contribution in [3.63, 3.8) is 0 Å². The largest absolute Gasteiger partial charge is 0.496 e. The SMILES string of the molecule is COc1ccccc1C(=O)n1cc(C)n(-c2ccc(Br)cc2)c1=S. The van der Waals surface area contributed by atoms with E-state index >= 15 is 0 Å². The molecule has 1 aromatic heterocycles. The van der Waals surface area contributed by atoms with E-state index < -0.39 is 0 Å². The average molecular weight is 403 g/mol. The number of carbonyl (C=O) groups is 1. The molecule has 0 saturated carbocycles. The molecule has 0 spiro atoms. The number of para-hydroxylation sites is 1. The molecule has 3 rings (SSSR count). The van der Waals surface area contributed by atoms with Crippen LogP contribution >= 0.6 is 28.1 Å². The number of ether oxygens (including phenoxy) is 1. The van der Waals surface area contributed by atoms with Gasteiger partial charge in [-0.25, -0.2) is 0 Å². The van der Waals surface area contributed by atoms with Crippen LogP contribution in [0.15, 0.2) is 59.2 Å². The van der Waals surface area contributed by atoms with Gasteiger partial charge in [0.1, 0.15) is 5.75 Å². The molecule has 2 aromatic carbocycles. The minimum absolute atomic E-state index is 0.212. The quantitative estimate of drug-likeness (QED) is 0.591. The van der Waals surface area contributed by atoms with Gasteiger partial charge in [-0.05, 0) is 55.5 Å². The number of hydrogen-bond acceptors (Lipinski definition) is 3. The molecule has 0 aliphatic carbocycles. The molecule has 3 aromatic rings. The predicted molar refractivity (Wildman–Crippen MR) is 99.8 cm³/mol. The Morgan fingerprint density at radius 1 is 1.12 bits per heavy atom. The highest BCUT2D eigenvalue weighted by Crippen LogP contribution is 2.22. The van der Waals surface area contributed by atoms with E-state index in [-0.39, 0.29) is 5.91 Å². The zero-order valence-electron chi connectivity index (χ0n) is 13.2. The van der Waals surface area contributed by atoms with E-state index in [9.17, 15) is 4.79 Å². The summed E-state index contributed by atoms with van der Waals surface area (Å²) in [6.45, 7) is 1.92. The van der Waals surface area contributed by atoms with Gasteiger partial charge in [0, 0.05) is 22.1 Å². The Hall–Kier alpha value is -2.18. The van der Waals surface area contributed by atoms with Crippen molar-refractivity contribution in [3.05, 3.63) is 75.2 Å². The van der Waals surface area contributed by atoms with Gasteiger partial charge in [0.2, 0.25) is 0 Å². The van der Waals surface area contributed by atoms with Crippen molar-refractivity contribution >= 4 is 34.1 Å². The first-order valence-electron chi connectivity index (χ1n) is 7.27. The van der Waals surface area contributed by atoms with E-state index in [4.69, 9.17) is 17.0 Å². The van der Waals surface area contributed by atoms with Crippen LogP contribution in [0.1, 0.15) is 16.1 Å². The molecule has 24 heavy (non-hydrogen) atoms. The van der Waals surface area contributed by atoms with E-state index in [1.165, 1.54) is 4.57 Å². The molecule has 1 heterocycles. The molecule has 0 saturated heterocycles. The lowest BCUT2D eigenvalue weighted by Crippen LogP contribution is -2.13. The van der Waals surface area contributed by atoms with E-state index in [2.05, 4.69) is 15.9 Å². The number of aryl methyl sites for hydroxylation is 1. The standard InChI is InChI=1S/C18H15BrN2O2S/c1-12-11-20(17(22)15-5-3-4-6-16(15)23-2)18(24)21(12)14-9-7-13(19)8-10-14/h3-11H,1-2H3. The summed E-state index contributed by atoms with van der Waals surface area (Å²) < 4.78 is 10.0. The number of nitrogens with zero attached hydrogens (tertiary/aromatic N) is 2. The summed E-state index contributed by atoms with van der Waals surface area (Å²) >= 11 is 8.96. The smallest absolute Gasteiger partial charge is 0.267 e. The Kier molecular flexibility index (Phi) is 4.69. The lowest BCUT2D eigenvalue weighted by atomic mass is 10.2. The van der Waals surface area contributed by atoms with Crippen LogP contribution < -0.4 is 4.74 Å². The minimum atomic E-state index is -0.212. The molecule has 0 N–H and O–H groups in total. The first kappa shape index (κ1) is 16.7. The Morgan fingerprint density at radius 3 is 2.46 bits per heavy atom. The molecular formula is C18H15BrN2O2S. The second kappa shape index (κ2) is 6.75. The molecule has 0 amide bonds. The summed E-state index contributed by atoms with van der Waals surface area (Å²) in [7, 11) is 1.55. The monoisotopic (exact) mass is 402 g/mol. The topological polar surface area (TPSA) is 36.2 Å². The number of imidazole rings is 1. The third-order valence-corrected chi connectivity index (χ3v) is 4.61. The van der Waals surface area contributed by atoms with Gasteiger partial charge in [-0.3, -0.25) is 13.9 Å². The minimum Gasteiger partial charge on any atom is -0.496 e. The fraction of sp³-hybridized carbons (Fsp3) is 0.111. The number of rotatable bonds is 3. The highest BCUT2D eigenvalue weighted by molar-refractivity contribution is 9.10. The number of halogens is 1. The van der Waals surface area contributed by atoms with Gasteiger partial charge >= 0.3 is 0 Å². The van der Waals surface area contributed by atoms with Crippen LogP contribution in [0.2, 0.25) is 0 Å². The normalized spacial score (nSPS) is 10.6. The summed E-state index contributed by atoms with van der Waals surface area (Å²) in [5.41, 5.74) is 2.27. The van der Waals surface area contributed by atoms with Crippen molar-refractivity contribution in [2.75, 3.05) is 7.11 Å². The zero-order chi connectivity index (χ0) is 17.3. The third kappa shape index (κ3) is 2.95. The number of aromatic nitrogens is 2. The highest BCUT2D eigenvalue weighted by atomic mass is 79.9. The van der Waals surface area contributed by atoms with E-state index in [0.717, 1.165) is 15.9 Å². The van der Waals surface area contributed by atoms with Crippen LogP contribution in [-0.2, 0) is 0 Å². The Labute approximate surface area is 153 Å². The predicted octanol–water partition coefficient (Wildman–Crippen LogP) is 4.78. The Morgan fingerprint density at radius 2 is 1.79 bits per heavy atom. The van der Waals surface area contributed by atoms with Crippen LogP contribution in [0.3, 0.4) is 0 Å². The van der Waals surface area contributed by atoms with Crippen molar-refractivity contribution in [1.29, 1.82) is 0 Å². The first-order chi connectivity index (χ1) is 11.5. The van der Waals surface area contributed by atoms with Crippen molar-refractivity contribution in [2.45, 2.75) is 6.92 Å².